The second kappa shape index (κ2) is 6.78. The van der Waals surface area contributed by atoms with Gasteiger partial charge < -0.3 is 10.4 Å². The highest BCUT2D eigenvalue weighted by atomic mass is 79.9. The Balaban J connectivity index is 1.80. The van der Waals surface area contributed by atoms with Crippen LogP contribution in [-0.2, 0) is 0 Å². The maximum atomic E-state index is 13.5. The molecular formula is C16H12BrClFN3O. The molecule has 23 heavy (non-hydrogen) atoms. The van der Waals surface area contributed by atoms with Crippen LogP contribution >= 0.6 is 27.5 Å². The Bertz CT molecular complexity index is 862. The molecular weight excluding hydrogens is 385 g/mol. The number of fused-ring (bicyclic) bond motifs is 1. The highest BCUT2D eigenvalue weighted by molar-refractivity contribution is 9.10. The van der Waals surface area contributed by atoms with Crippen LogP contribution < -0.4 is 5.32 Å². The molecule has 3 rings (SSSR count). The van der Waals surface area contributed by atoms with Gasteiger partial charge in [0.25, 0.3) is 0 Å². The smallest absolute Gasteiger partial charge is 0.142 e. The zero-order chi connectivity index (χ0) is 16.4. The van der Waals surface area contributed by atoms with Gasteiger partial charge in [-0.3, -0.25) is 0 Å². The molecule has 0 aliphatic rings. The van der Waals surface area contributed by atoms with E-state index in [-0.39, 0.29) is 11.6 Å². The molecule has 7 heteroatoms. The van der Waals surface area contributed by atoms with Crippen LogP contribution in [0.1, 0.15) is 11.7 Å². The second-order valence-electron chi connectivity index (χ2n) is 4.95. The summed E-state index contributed by atoms with van der Waals surface area (Å²) in [4.78, 5) is 8.39. The highest BCUT2D eigenvalue weighted by Gasteiger charge is 2.12. The lowest BCUT2D eigenvalue weighted by molar-refractivity contribution is 0.191. The molecule has 0 amide bonds. The summed E-state index contributed by atoms with van der Waals surface area (Å²) in [6.45, 7) is 0.180. The van der Waals surface area contributed by atoms with E-state index < -0.39 is 11.9 Å². The van der Waals surface area contributed by atoms with Gasteiger partial charge in [0.1, 0.15) is 18.0 Å². The molecule has 2 N–H and O–H groups in total. The molecule has 4 nitrogen and oxygen atoms in total. The second-order valence-corrected chi connectivity index (χ2v) is 6.28. The fourth-order valence-corrected chi connectivity index (χ4v) is 2.68. The van der Waals surface area contributed by atoms with E-state index in [0.29, 0.717) is 11.4 Å². The molecule has 1 atom stereocenters. The van der Waals surface area contributed by atoms with Gasteiger partial charge in [0, 0.05) is 16.4 Å². The number of aliphatic hydroxyl groups is 1. The molecule has 0 fully saturated rings. The maximum absolute atomic E-state index is 13.5. The van der Waals surface area contributed by atoms with Gasteiger partial charge in [-0.1, -0.05) is 33.6 Å². The van der Waals surface area contributed by atoms with Gasteiger partial charge in [0.05, 0.1) is 16.6 Å². The van der Waals surface area contributed by atoms with Crippen molar-refractivity contribution < 1.29 is 9.50 Å². The molecule has 0 bridgehead atoms. The number of nitrogens with one attached hydrogen (secondary N) is 1. The van der Waals surface area contributed by atoms with Crippen LogP contribution in [0.3, 0.4) is 0 Å². The zero-order valence-corrected chi connectivity index (χ0v) is 14.1. The van der Waals surface area contributed by atoms with Crippen LogP contribution in [-0.4, -0.2) is 21.6 Å². The summed E-state index contributed by atoms with van der Waals surface area (Å²) in [6.07, 6.45) is 0.561. The highest BCUT2D eigenvalue weighted by Crippen LogP contribution is 2.25. The third-order valence-corrected chi connectivity index (χ3v) is 4.19. The van der Waals surface area contributed by atoms with Crippen LogP contribution in [0.5, 0.6) is 0 Å². The van der Waals surface area contributed by atoms with Crippen molar-refractivity contribution in [1.82, 2.24) is 9.97 Å². The monoisotopic (exact) mass is 395 g/mol. The molecule has 2 aromatic carbocycles. The van der Waals surface area contributed by atoms with Gasteiger partial charge in [0.15, 0.2) is 0 Å². The Hall–Kier alpha value is -1.76. The van der Waals surface area contributed by atoms with Crippen LogP contribution in [0.15, 0.2) is 47.2 Å². The lowest BCUT2D eigenvalue weighted by Gasteiger charge is -2.14. The summed E-state index contributed by atoms with van der Waals surface area (Å²) in [6, 6.07) is 9.90. The quantitative estimate of drug-likeness (QED) is 0.689. The standard InChI is InChI=1S/C16H12BrClFN3O/c17-10-2-4-14-11(6-10)16(22-8-21-14)20-7-15(23)9-1-3-12(18)13(19)5-9/h1-6,8,15,23H,7H2,(H,20,21,22). The van der Waals surface area contributed by atoms with E-state index in [1.807, 2.05) is 18.2 Å². The summed E-state index contributed by atoms with van der Waals surface area (Å²) in [5, 5.41) is 14.1. The third kappa shape index (κ3) is 3.60. The summed E-state index contributed by atoms with van der Waals surface area (Å²) >= 11 is 9.06. The first-order valence-corrected chi connectivity index (χ1v) is 7.99. The van der Waals surface area contributed by atoms with Crippen molar-refractivity contribution in [2.45, 2.75) is 6.10 Å². The normalized spacial score (nSPS) is 12.3. The average molecular weight is 397 g/mol. The molecule has 1 heterocycles. The Kier molecular flexibility index (Phi) is 4.75. The number of hydrogen-bond donors (Lipinski definition) is 2. The number of nitrogens with zero attached hydrogens (tertiary/aromatic N) is 2. The van der Waals surface area contributed by atoms with E-state index >= 15 is 0 Å². The van der Waals surface area contributed by atoms with E-state index in [2.05, 4.69) is 31.2 Å². The minimum atomic E-state index is -0.890. The fourth-order valence-electron chi connectivity index (χ4n) is 2.20. The van der Waals surface area contributed by atoms with Crippen molar-refractivity contribution in [1.29, 1.82) is 0 Å². The zero-order valence-electron chi connectivity index (χ0n) is 11.8. The predicted octanol–water partition coefficient (Wildman–Crippen LogP) is 4.33. The first kappa shape index (κ1) is 16.1. The van der Waals surface area contributed by atoms with E-state index in [1.54, 1.807) is 6.07 Å². The SMILES string of the molecule is OC(CNc1ncnc2ccc(Br)cc12)c1ccc(Cl)c(F)c1. The van der Waals surface area contributed by atoms with Crippen molar-refractivity contribution in [3.8, 4) is 0 Å². The number of rotatable bonds is 4. The van der Waals surface area contributed by atoms with Crippen LogP contribution in [0.2, 0.25) is 5.02 Å². The summed E-state index contributed by atoms with van der Waals surface area (Å²) < 4.78 is 14.4. The number of aliphatic hydroxyl groups excluding tert-OH is 1. The van der Waals surface area contributed by atoms with Gasteiger partial charge >= 0.3 is 0 Å². The van der Waals surface area contributed by atoms with Crippen LogP contribution in [0.25, 0.3) is 10.9 Å². The Labute approximate surface area is 145 Å². The molecule has 0 aliphatic carbocycles. The number of anilines is 1. The van der Waals surface area contributed by atoms with Crippen molar-refractivity contribution in [3.63, 3.8) is 0 Å². The Morgan fingerprint density at radius 1 is 1.22 bits per heavy atom. The minimum Gasteiger partial charge on any atom is -0.387 e. The van der Waals surface area contributed by atoms with Gasteiger partial charge in [-0.15, -0.1) is 0 Å². The van der Waals surface area contributed by atoms with Crippen molar-refractivity contribution >= 4 is 44.3 Å². The maximum Gasteiger partial charge on any atom is 0.142 e. The lowest BCUT2D eigenvalue weighted by atomic mass is 10.1. The number of hydrogen-bond acceptors (Lipinski definition) is 4. The largest absolute Gasteiger partial charge is 0.387 e. The average Bonchev–Trinajstić information content (AvgIpc) is 2.55. The van der Waals surface area contributed by atoms with Gasteiger partial charge in [-0.25, -0.2) is 14.4 Å². The molecule has 0 saturated carbocycles. The topological polar surface area (TPSA) is 58.0 Å². The molecule has 0 radical (unpaired) electrons. The van der Waals surface area contributed by atoms with Crippen molar-refractivity contribution in [2.75, 3.05) is 11.9 Å². The molecule has 0 aliphatic heterocycles. The van der Waals surface area contributed by atoms with Crippen LogP contribution in [0, 0.1) is 5.82 Å². The first-order chi connectivity index (χ1) is 11.0. The van der Waals surface area contributed by atoms with E-state index in [0.717, 1.165) is 15.4 Å². The summed E-state index contributed by atoms with van der Waals surface area (Å²) in [7, 11) is 0. The molecule has 0 spiro atoms. The Morgan fingerprint density at radius 2 is 2.04 bits per heavy atom. The van der Waals surface area contributed by atoms with Crippen LogP contribution in [0.4, 0.5) is 10.2 Å². The van der Waals surface area contributed by atoms with Gasteiger partial charge in [-0.05, 0) is 35.9 Å². The van der Waals surface area contributed by atoms with E-state index in [1.165, 1.54) is 18.5 Å². The molecule has 3 aromatic rings. The van der Waals surface area contributed by atoms with E-state index in [9.17, 15) is 9.50 Å². The lowest BCUT2D eigenvalue weighted by Crippen LogP contribution is -2.13. The van der Waals surface area contributed by atoms with E-state index in [4.69, 9.17) is 11.6 Å². The molecule has 1 unspecified atom stereocenters. The number of benzene rings is 2. The number of aromatic nitrogens is 2. The minimum absolute atomic E-state index is 0.0283. The van der Waals surface area contributed by atoms with Gasteiger partial charge in [-0.2, -0.15) is 0 Å². The fraction of sp³-hybridized carbons (Fsp3) is 0.125. The first-order valence-electron chi connectivity index (χ1n) is 6.82. The van der Waals surface area contributed by atoms with Gasteiger partial charge in [0.2, 0.25) is 0 Å². The van der Waals surface area contributed by atoms with Crippen molar-refractivity contribution in [2.24, 2.45) is 0 Å². The summed E-state index contributed by atoms with van der Waals surface area (Å²) in [5.74, 6) is 0.0458. The third-order valence-electron chi connectivity index (χ3n) is 3.39. The molecule has 1 aromatic heterocycles. The predicted molar refractivity (Wildman–Crippen MR) is 92.1 cm³/mol. The molecule has 118 valence electrons. The van der Waals surface area contributed by atoms with Crippen molar-refractivity contribution in [3.05, 3.63) is 63.6 Å². The number of halogens is 3. The summed E-state index contributed by atoms with van der Waals surface area (Å²) in [5.41, 5.74) is 1.23. The Morgan fingerprint density at radius 3 is 2.83 bits per heavy atom. The molecule has 0 saturated heterocycles.